The number of nitrogens with one attached hydrogen (secondary N) is 1. The Bertz CT molecular complexity index is 1010. The van der Waals surface area contributed by atoms with Crippen LogP contribution in [0.5, 0.6) is 0 Å². The van der Waals surface area contributed by atoms with Gasteiger partial charge in [0.25, 0.3) is 0 Å². The summed E-state index contributed by atoms with van der Waals surface area (Å²) in [6, 6.07) is -1.58. The van der Waals surface area contributed by atoms with Crippen LogP contribution in [0.15, 0.2) is 0 Å². The predicted octanol–water partition coefficient (Wildman–Crippen LogP) is -8.58. The lowest BCUT2D eigenvalue weighted by Gasteiger charge is -2.50. The first-order valence-electron chi connectivity index (χ1n) is 15.0. The summed E-state index contributed by atoms with van der Waals surface area (Å²) in [5.41, 5.74) is 0. The number of hydrogen-bond acceptors (Lipinski definition) is 20. The summed E-state index contributed by atoms with van der Waals surface area (Å²) in [7, 11) is 0. The Hall–Kier alpha value is -1.29. The maximum atomic E-state index is 12.1. The third-order valence-corrected chi connectivity index (χ3v) is 8.57. The van der Waals surface area contributed by atoms with E-state index in [0.29, 0.717) is 0 Å². The molecule has 21 heteroatoms. The van der Waals surface area contributed by atoms with Crippen molar-refractivity contribution in [1.82, 2.24) is 5.32 Å². The van der Waals surface area contributed by atoms with Crippen molar-refractivity contribution in [2.75, 3.05) is 19.8 Å². The molecule has 4 saturated heterocycles. The van der Waals surface area contributed by atoms with Crippen LogP contribution >= 0.6 is 0 Å². The van der Waals surface area contributed by atoms with Crippen molar-refractivity contribution in [1.29, 1.82) is 0 Å². The van der Waals surface area contributed by atoms with Gasteiger partial charge >= 0.3 is 0 Å². The zero-order chi connectivity index (χ0) is 34.9. The molecule has 20 atom stereocenters. The van der Waals surface area contributed by atoms with E-state index in [0.717, 1.165) is 6.92 Å². The van der Waals surface area contributed by atoms with Crippen LogP contribution in [0.25, 0.3) is 0 Å². The Kier molecular flexibility index (Phi) is 13.2. The Morgan fingerprint density at radius 1 is 0.553 bits per heavy atom. The minimum Gasteiger partial charge on any atom is -0.394 e. The van der Waals surface area contributed by atoms with Crippen molar-refractivity contribution in [3.8, 4) is 0 Å². The maximum Gasteiger partial charge on any atom is 0.217 e. The quantitative estimate of drug-likeness (QED) is 0.101. The third kappa shape index (κ3) is 8.04. The second kappa shape index (κ2) is 16.2. The van der Waals surface area contributed by atoms with E-state index in [9.17, 15) is 66.1 Å². The van der Waals surface area contributed by atoms with Crippen LogP contribution < -0.4 is 5.32 Å². The molecule has 0 spiro atoms. The maximum absolute atomic E-state index is 12.1. The number of carbonyl (C=O) groups excluding carboxylic acids is 1. The summed E-state index contributed by atoms with van der Waals surface area (Å²) >= 11 is 0. The first kappa shape index (κ1) is 38.5. The SMILES string of the molecule is CC(=O)N[C@H]1C(O[C@H]2[C@@H](O)[C@@H](CO)OC(O)[C@@H]2O)O[C@H](CO)[C@@H](O[C@@H]2O[C@H](CO)[C@H](O)[C@H](O)[C@H]2O[C@@H]2O[C@@H](C)[C@@H](O)[C@@H](O)[C@@H]2O)[C@@H]1O. The zero-order valence-electron chi connectivity index (χ0n) is 25.3. The van der Waals surface area contributed by atoms with E-state index < -0.39 is 148 Å². The van der Waals surface area contributed by atoms with Crippen LogP contribution in [0.1, 0.15) is 13.8 Å². The van der Waals surface area contributed by atoms with Gasteiger partial charge in [-0.15, -0.1) is 0 Å². The van der Waals surface area contributed by atoms with Crippen LogP contribution in [0.4, 0.5) is 0 Å². The molecular formula is C26H45NO20. The Labute approximate surface area is 267 Å². The standard InChI is InChI=1S/C26H45NO20/c1-6-12(32)16(36)18(38)25(41-6)47-22-17(37)13(33)8(3-28)43-26(22)45-20-10(5-30)44-24(11(15(20)35)27-7(2)31)46-21-14(34)9(4-29)42-23(40)19(21)39/h6,8-26,28-30,32-40H,3-5H2,1-2H3,(H,27,31)/t6-,8+,9+,10+,11+,12+,13-,14-,15+,16+,17-,18-,19+,20+,21-,22+,23?,24?,25-,26-/m0/s1. The van der Waals surface area contributed by atoms with Crippen molar-refractivity contribution >= 4 is 5.91 Å². The topological polar surface area (TPSA) is 336 Å². The van der Waals surface area contributed by atoms with Crippen molar-refractivity contribution in [3.63, 3.8) is 0 Å². The fourth-order valence-corrected chi connectivity index (χ4v) is 5.87. The highest BCUT2D eigenvalue weighted by Crippen LogP contribution is 2.34. The molecule has 0 saturated carbocycles. The smallest absolute Gasteiger partial charge is 0.217 e. The van der Waals surface area contributed by atoms with Crippen molar-refractivity contribution < 1.29 is 99.2 Å². The Balaban J connectivity index is 1.59. The fraction of sp³-hybridized carbons (Fsp3) is 0.962. The highest BCUT2D eigenvalue weighted by molar-refractivity contribution is 5.73. The highest BCUT2D eigenvalue weighted by Gasteiger charge is 2.55. The normalized spacial score (nSPS) is 51.0. The molecule has 21 nitrogen and oxygen atoms in total. The van der Waals surface area contributed by atoms with Crippen LogP contribution in [0, 0.1) is 0 Å². The molecule has 47 heavy (non-hydrogen) atoms. The summed E-state index contributed by atoms with van der Waals surface area (Å²) in [6.45, 7) is -0.108. The van der Waals surface area contributed by atoms with E-state index in [1.165, 1.54) is 6.92 Å². The molecule has 1 amide bonds. The summed E-state index contributed by atoms with van der Waals surface area (Å²) in [5, 5.41) is 126. The van der Waals surface area contributed by atoms with E-state index in [1.54, 1.807) is 0 Å². The molecule has 0 aromatic carbocycles. The summed E-state index contributed by atoms with van der Waals surface area (Å²) in [6.07, 6.45) is -32.3. The summed E-state index contributed by atoms with van der Waals surface area (Å²) < 4.78 is 38.9. The van der Waals surface area contributed by atoms with Crippen LogP contribution in [0.2, 0.25) is 0 Å². The molecule has 4 aliphatic rings. The Morgan fingerprint density at radius 3 is 1.70 bits per heavy atom. The van der Waals surface area contributed by atoms with Gasteiger partial charge in [0.2, 0.25) is 5.91 Å². The van der Waals surface area contributed by atoms with Gasteiger partial charge in [0.1, 0.15) is 91.5 Å². The summed E-state index contributed by atoms with van der Waals surface area (Å²) in [5.74, 6) is -0.735. The number of rotatable bonds is 10. The van der Waals surface area contributed by atoms with E-state index in [4.69, 9.17) is 33.2 Å². The fourth-order valence-electron chi connectivity index (χ4n) is 5.87. The molecule has 274 valence electrons. The third-order valence-electron chi connectivity index (χ3n) is 8.57. The van der Waals surface area contributed by atoms with Gasteiger partial charge < -0.3 is 99.8 Å². The second-order valence-corrected chi connectivity index (χ2v) is 11.9. The molecule has 0 radical (unpaired) electrons. The van der Waals surface area contributed by atoms with Gasteiger partial charge in [-0.1, -0.05) is 0 Å². The van der Waals surface area contributed by atoms with E-state index in [-0.39, 0.29) is 0 Å². The number of aliphatic hydroxyl groups excluding tert-OH is 12. The first-order chi connectivity index (χ1) is 22.1. The van der Waals surface area contributed by atoms with Gasteiger partial charge in [-0.3, -0.25) is 4.79 Å². The van der Waals surface area contributed by atoms with Gasteiger partial charge in [-0.25, -0.2) is 0 Å². The molecule has 0 aliphatic carbocycles. The van der Waals surface area contributed by atoms with Crippen molar-refractivity contribution in [2.45, 2.75) is 137 Å². The molecule has 0 aromatic rings. The zero-order valence-corrected chi connectivity index (χ0v) is 25.3. The van der Waals surface area contributed by atoms with Crippen LogP contribution in [-0.2, 0) is 38.0 Å². The minimum absolute atomic E-state index is 0.735. The van der Waals surface area contributed by atoms with Gasteiger partial charge in [0.05, 0.1) is 25.9 Å². The molecule has 4 fully saturated rings. The summed E-state index contributed by atoms with van der Waals surface area (Å²) in [4.78, 5) is 12.1. The Morgan fingerprint density at radius 2 is 1.11 bits per heavy atom. The number of ether oxygens (including phenoxy) is 7. The molecule has 4 rings (SSSR count). The first-order valence-corrected chi connectivity index (χ1v) is 15.0. The highest BCUT2D eigenvalue weighted by atomic mass is 16.8. The average molecular weight is 692 g/mol. The lowest BCUT2D eigenvalue weighted by molar-refractivity contribution is -0.387. The monoisotopic (exact) mass is 691 g/mol. The van der Waals surface area contributed by atoms with E-state index >= 15 is 0 Å². The largest absolute Gasteiger partial charge is 0.394 e. The van der Waals surface area contributed by atoms with Crippen LogP contribution in [0.3, 0.4) is 0 Å². The number of carbonyl (C=O) groups is 1. The van der Waals surface area contributed by atoms with Crippen LogP contribution in [-0.4, -0.2) is 210 Å². The predicted molar refractivity (Wildman–Crippen MR) is 144 cm³/mol. The molecular weight excluding hydrogens is 646 g/mol. The molecule has 4 aliphatic heterocycles. The lowest BCUT2D eigenvalue weighted by Crippen LogP contribution is -2.69. The number of aliphatic hydroxyl groups is 12. The van der Waals surface area contributed by atoms with Crippen molar-refractivity contribution in [2.24, 2.45) is 0 Å². The minimum atomic E-state index is -1.92. The van der Waals surface area contributed by atoms with Gasteiger partial charge in [0.15, 0.2) is 25.2 Å². The lowest BCUT2D eigenvalue weighted by atomic mass is 9.94. The molecule has 0 aromatic heterocycles. The van der Waals surface area contributed by atoms with E-state index in [2.05, 4.69) is 5.32 Å². The van der Waals surface area contributed by atoms with Crippen molar-refractivity contribution in [3.05, 3.63) is 0 Å². The van der Waals surface area contributed by atoms with E-state index in [1.807, 2.05) is 0 Å². The number of amides is 1. The molecule has 4 heterocycles. The molecule has 0 bridgehead atoms. The second-order valence-electron chi connectivity index (χ2n) is 11.9. The molecule has 2 unspecified atom stereocenters. The molecule has 13 N–H and O–H groups in total. The van der Waals surface area contributed by atoms with Gasteiger partial charge in [-0.2, -0.15) is 0 Å². The van der Waals surface area contributed by atoms with Gasteiger partial charge in [-0.05, 0) is 6.92 Å². The average Bonchev–Trinajstić information content (AvgIpc) is 3.04. The number of hydrogen-bond donors (Lipinski definition) is 13. The van der Waals surface area contributed by atoms with Gasteiger partial charge in [0, 0.05) is 6.92 Å².